The van der Waals surface area contributed by atoms with Gasteiger partial charge in [-0.1, -0.05) is 0 Å². The summed E-state index contributed by atoms with van der Waals surface area (Å²) in [4.78, 5) is 32.6. The first kappa shape index (κ1) is 23.5. The van der Waals surface area contributed by atoms with Crippen molar-refractivity contribution in [3.05, 3.63) is 75.1 Å². The maximum Gasteiger partial charge on any atom is 0.416 e. The van der Waals surface area contributed by atoms with E-state index >= 15 is 0 Å². The molecule has 2 heterocycles. The summed E-state index contributed by atoms with van der Waals surface area (Å²) < 4.78 is 52.3. The lowest BCUT2D eigenvalue weighted by Crippen LogP contribution is -2.11. The number of ketones is 1. The number of Topliss-reactive ketones (excluding diaryl/α,β-unsaturated/α-hetero) is 1. The van der Waals surface area contributed by atoms with Gasteiger partial charge in [0.2, 0.25) is 5.91 Å². The van der Waals surface area contributed by atoms with E-state index in [1.54, 1.807) is 18.5 Å². The Hall–Kier alpha value is -3.14. The van der Waals surface area contributed by atoms with Gasteiger partial charge in [-0.25, -0.2) is 14.4 Å². The van der Waals surface area contributed by atoms with Crippen molar-refractivity contribution in [1.29, 1.82) is 0 Å². The Morgan fingerprint density at radius 1 is 1.06 bits per heavy atom. The van der Waals surface area contributed by atoms with Crippen LogP contribution in [-0.4, -0.2) is 21.7 Å². The number of pyridine rings is 1. The number of nitrogens with zero attached hydrogens (tertiary/aromatic N) is 2. The summed E-state index contributed by atoms with van der Waals surface area (Å²) in [5, 5.41) is 3.14. The van der Waals surface area contributed by atoms with Crippen LogP contribution in [0.4, 0.5) is 23.4 Å². The molecule has 1 N–H and O–H groups in total. The third-order valence-corrected chi connectivity index (χ3v) is 5.56. The zero-order valence-corrected chi connectivity index (χ0v) is 17.8. The third-order valence-electron chi connectivity index (χ3n) is 4.50. The number of hydrogen-bond acceptors (Lipinski definition) is 5. The maximum absolute atomic E-state index is 13.9. The number of anilines is 1. The fourth-order valence-electron chi connectivity index (χ4n) is 3.02. The van der Waals surface area contributed by atoms with Gasteiger partial charge in [0.05, 0.1) is 12.0 Å². The maximum atomic E-state index is 13.9. The minimum Gasteiger partial charge on any atom is -0.311 e. The van der Waals surface area contributed by atoms with E-state index in [0.717, 1.165) is 16.5 Å². The molecule has 168 valence electrons. The van der Waals surface area contributed by atoms with Crippen LogP contribution in [0, 0.1) is 5.82 Å². The Bertz CT molecular complexity index is 1130. The Morgan fingerprint density at radius 3 is 2.56 bits per heavy atom. The quantitative estimate of drug-likeness (QED) is 0.486. The largest absolute Gasteiger partial charge is 0.416 e. The average molecular weight is 465 g/mol. The van der Waals surface area contributed by atoms with Crippen molar-refractivity contribution in [2.24, 2.45) is 0 Å². The number of alkyl halides is 3. The van der Waals surface area contributed by atoms with E-state index in [1.807, 2.05) is 6.07 Å². The summed E-state index contributed by atoms with van der Waals surface area (Å²) >= 11 is 1.33. The van der Waals surface area contributed by atoms with E-state index in [4.69, 9.17) is 0 Å². The van der Waals surface area contributed by atoms with Crippen molar-refractivity contribution < 1.29 is 27.2 Å². The molecule has 0 spiro atoms. The molecule has 0 atom stereocenters. The van der Waals surface area contributed by atoms with Gasteiger partial charge >= 0.3 is 6.18 Å². The molecule has 3 aromatic rings. The highest BCUT2D eigenvalue weighted by Crippen LogP contribution is 2.30. The summed E-state index contributed by atoms with van der Waals surface area (Å²) in [6.45, 7) is 1.40. The number of amides is 1. The van der Waals surface area contributed by atoms with Crippen molar-refractivity contribution in [3.8, 4) is 0 Å². The van der Waals surface area contributed by atoms with E-state index in [0.29, 0.717) is 35.8 Å². The number of aromatic nitrogens is 2. The number of aryl methyl sites for hydroxylation is 2. The van der Waals surface area contributed by atoms with Crippen molar-refractivity contribution in [2.75, 3.05) is 5.32 Å². The number of rotatable bonds is 8. The lowest BCUT2D eigenvalue weighted by Gasteiger charge is -2.09. The van der Waals surface area contributed by atoms with Gasteiger partial charge in [0.25, 0.3) is 0 Å². The fourth-order valence-corrected chi connectivity index (χ4v) is 3.97. The molecule has 0 fully saturated rings. The monoisotopic (exact) mass is 465 g/mol. The number of hydrogen-bond donors (Lipinski definition) is 1. The van der Waals surface area contributed by atoms with Crippen LogP contribution in [0.15, 0.2) is 42.7 Å². The zero-order valence-electron chi connectivity index (χ0n) is 17.0. The summed E-state index contributed by atoms with van der Waals surface area (Å²) in [5.74, 6) is -1.01. The summed E-state index contributed by atoms with van der Waals surface area (Å²) in [6.07, 6.45) is -0.556. The van der Waals surface area contributed by atoms with Gasteiger partial charge < -0.3 is 5.32 Å². The molecular formula is C22H19F4N3O2S. The number of nitrogens with one attached hydrogen (secondary N) is 1. The van der Waals surface area contributed by atoms with Crippen LogP contribution in [0.3, 0.4) is 0 Å². The number of benzene rings is 1. The van der Waals surface area contributed by atoms with E-state index in [-0.39, 0.29) is 17.9 Å². The van der Waals surface area contributed by atoms with Crippen molar-refractivity contribution in [1.82, 2.24) is 9.97 Å². The molecule has 0 bridgehead atoms. The molecule has 2 aromatic heterocycles. The molecule has 1 aromatic carbocycles. The molecule has 0 aliphatic rings. The smallest absolute Gasteiger partial charge is 0.311 e. The number of carbonyl (C=O) groups excluding carboxylic acids is 2. The van der Waals surface area contributed by atoms with Gasteiger partial charge in [0.15, 0.2) is 0 Å². The summed E-state index contributed by atoms with van der Waals surface area (Å²) in [7, 11) is 0. The average Bonchev–Trinajstić information content (AvgIpc) is 3.14. The topological polar surface area (TPSA) is 72.0 Å². The highest BCUT2D eigenvalue weighted by molar-refractivity contribution is 7.11. The normalized spacial score (nSPS) is 11.4. The molecule has 0 aliphatic heterocycles. The van der Waals surface area contributed by atoms with Crippen LogP contribution in [-0.2, 0) is 41.4 Å². The fraction of sp³-hybridized carbons (Fsp3) is 0.273. The lowest BCUT2D eigenvalue weighted by molar-refractivity contribution is -0.137. The molecule has 0 saturated carbocycles. The second-order valence-corrected chi connectivity index (χ2v) is 8.35. The molecule has 3 rings (SSSR count). The van der Waals surface area contributed by atoms with E-state index in [2.05, 4.69) is 15.3 Å². The second kappa shape index (κ2) is 9.99. The van der Waals surface area contributed by atoms with Crippen molar-refractivity contribution in [3.63, 3.8) is 0 Å². The van der Waals surface area contributed by atoms with Gasteiger partial charge in [-0.2, -0.15) is 13.2 Å². The molecule has 0 radical (unpaired) electrons. The van der Waals surface area contributed by atoms with Crippen LogP contribution in [0.2, 0.25) is 0 Å². The first-order valence-electron chi connectivity index (χ1n) is 9.63. The molecule has 0 unspecified atom stereocenters. The first-order chi connectivity index (χ1) is 15.1. The molecular weight excluding hydrogens is 446 g/mol. The van der Waals surface area contributed by atoms with Crippen molar-refractivity contribution in [2.45, 2.75) is 38.8 Å². The van der Waals surface area contributed by atoms with E-state index in [1.165, 1.54) is 18.3 Å². The van der Waals surface area contributed by atoms with Gasteiger partial charge in [0.1, 0.15) is 22.4 Å². The van der Waals surface area contributed by atoms with Crippen LogP contribution < -0.4 is 5.32 Å². The molecule has 10 heteroatoms. The molecule has 32 heavy (non-hydrogen) atoms. The highest BCUT2D eigenvalue weighted by atomic mass is 32.1. The zero-order chi connectivity index (χ0) is 23.3. The van der Waals surface area contributed by atoms with E-state index < -0.39 is 29.8 Å². The van der Waals surface area contributed by atoms with Gasteiger partial charge in [-0.05, 0) is 54.3 Å². The SMILES string of the molecule is CC(=O)Nc1cc(CCc2cnc(CC(=O)Cc3cc(C(F)(F)F)ccc3F)s2)ccn1. The number of halogens is 4. The first-order valence-corrected chi connectivity index (χ1v) is 10.4. The second-order valence-electron chi connectivity index (χ2n) is 7.15. The molecule has 0 saturated heterocycles. The predicted octanol–water partition coefficient (Wildman–Crippen LogP) is 4.79. The standard InChI is InChI=1S/C22H19F4N3O2S/c1-13(30)29-20-8-14(6-7-27-20)2-4-18-12-28-21(32-18)11-17(31)10-15-9-16(22(24,25)26)3-5-19(15)23/h3,5-9,12H,2,4,10-11H2,1H3,(H,27,29,30). The summed E-state index contributed by atoms with van der Waals surface area (Å²) in [6, 6.07) is 5.66. The summed E-state index contributed by atoms with van der Waals surface area (Å²) in [5.41, 5.74) is -0.305. The Labute approximate surface area is 185 Å². The Kier molecular flexibility index (Phi) is 7.34. The van der Waals surface area contributed by atoms with Crippen LogP contribution in [0.5, 0.6) is 0 Å². The lowest BCUT2D eigenvalue weighted by atomic mass is 10.0. The van der Waals surface area contributed by atoms with Gasteiger partial charge in [-0.3, -0.25) is 9.59 Å². The Morgan fingerprint density at radius 2 is 1.84 bits per heavy atom. The molecule has 0 aliphatic carbocycles. The number of thiazole rings is 1. The third kappa shape index (κ3) is 6.68. The van der Waals surface area contributed by atoms with Crippen LogP contribution in [0.1, 0.15) is 33.5 Å². The van der Waals surface area contributed by atoms with Gasteiger partial charge in [-0.15, -0.1) is 11.3 Å². The Balaban J connectivity index is 1.57. The molecule has 1 amide bonds. The molecule has 5 nitrogen and oxygen atoms in total. The van der Waals surface area contributed by atoms with Crippen LogP contribution in [0.25, 0.3) is 0 Å². The highest BCUT2D eigenvalue weighted by Gasteiger charge is 2.31. The van der Waals surface area contributed by atoms with Gasteiger partial charge in [0, 0.05) is 30.6 Å². The van der Waals surface area contributed by atoms with E-state index in [9.17, 15) is 27.2 Å². The minimum atomic E-state index is -4.60. The number of carbonyl (C=O) groups is 2. The van der Waals surface area contributed by atoms with Crippen LogP contribution >= 0.6 is 11.3 Å². The van der Waals surface area contributed by atoms with Crippen molar-refractivity contribution >= 4 is 28.8 Å². The minimum absolute atomic E-state index is 0.0811. The predicted molar refractivity (Wildman–Crippen MR) is 112 cm³/mol.